The summed E-state index contributed by atoms with van der Waals surface area (Å²) in [5.41, 5.74) is -0.263. The minimum absolute atomic E-state index is 0.0859. The molecular weight excluding hydrogens is 460 g/mol. The van der Waals surface area contributed by atoms with Crippen molar-refractivity contribution in [3.05, 3.63) is 0 Å². The Morgan fingerprint density at radius 1 is 0.788 bits per heavy atom. The molecular formula is C22H38N2O7Si2. The number of nitrogens with zero attached hydrogens (tertiary/aromatic N) is 2. The van der Waals surface area contributed by atoms with E-state index in [1.165, 1.54) is 9.80 Å². The molecule has 3 fully saturated rings. The molecule has 3 aliphatic rings. The van der Waals surface area contributed by atoms with E-state index in [9.17, 15) is 19.2 Å². The SMILES string of the molecule is CC(C)[C@H]1COC(=O)N1C(=O)C[C@@H]1[C@H](CC(=O)N2C(=O)OC[C@@H]2C(C)C)[Si](C)(C)O[Si]1(C)C. The lowest BCUT2D eigenvalue weighted by molar-refractivity contribution is -0.131. The van der Waals surface area contributed by atoms with E-state index in [1.807, 2.05) is 27.7 Å². The van der Waals surface area contributed by atoms with E-state index in [4.69, 9.17) is 13.6 Å². The lowest BCUT2D eigenvalue weighted by Gasteiger charge is -2.31. The maximum Gasteiger partial charge on any atom is 0.416 e. The highest BCUT2D eigenvalue weighted by Gasteiger charge is 2.58. The molecule has 186 valence electrons. The average Bonchev–Trinajstić information content (AvgIpc) is 3.29. The zero-order valence-corrected chi connectivity index (χ0v) is 23.0. The Labute approximate surface area is 198 Å². The molecule has 11 heteroatoms. The second-order valence-corrected chi connectivity index (χ2v) is 19.9. The Kier molecular flexibility index (Phi) is 7.17. The second kappa shape index (κ2) is 9.14. The zero-order chi connectivity index (χ0) is 24.9. The third-order valence-corrected chi connectivity index (χ3v) is 16.8. The molecule has 4 atom stereocenters. The molecule has 0 saturated carbocycles. The van der Waals surface area contributed by atoms with Crippen LogP contribution in [0.15, 0.2) is 0 Å². The average molecular weight is 499 g/mol. The van der Waals surface area contributed by atoms with E-state index in [1.54, 1.807) is 0 Å². The Bertz CT molecular complexity index is 764. The highest BCUT2D eigenvalue weighted by molar-refractivity contribution is 6.91. The quantitative estimate of drug-likeness (QED) is 0.511. The summed E-state index contributed by atoms with van der Waals surface area (Å²) >= 11 is 0. The van der Waals surface area contributed by atoms with Crippen LogP contribution in [0, 0.1) is 11.8 Å². The van der Waals surface area contributed by atoms with Crippen LogP contribution in [0.1, 0.15) is 40.5 Å². The molecule has 0 radical (unpaired) electrons. The third kappa shape index (κ3) is 4.90. The first-order valence-electron chi connectivity index (χ1n) is 11.8. The molecule has 33 heavy (non-hydrogen) atoms. The molecule has 9 nitrogen and oxygen atoms in total. The van der Waals surface area contributed by atoms with E-state index < -0.39 is 28.8 Å². The topological polar surface area (TPSA) is 102 Å². The lowest BCUT2D eigenvalue weighted by Crippen LogP contribution is -2.45. The van der Waals surface area contributed by atoms with Crippen molar-refractivity contribution in [3.63, 3.8) is 0 Å². The van der Waals surface area contributed by atoms with Gasteiger partial charge in [0.1, 0.15) is 13.2 Å². The van der Waals surface area contributed by atoms with Crippen molar-refractivity contribution in [1.29, 1.82) is 0 Å². The molecule has 3 saturated heterocycles. The maximum absolute atomic E-state index is 13.3. The van der Waals surface area contributed by atoms with E-state index in [-0.39, 0.29) is 72.9 Å². The number of hydrogen-bond acceptors (Lipinski definition) is 7. The van der Waals surface area contributed by atoms with Gasteiger partial charge in [-0.25, -0.2) is 19.4 Å². The Morgan fingerprint density at radius 3 is 1.42 bits per heavy atom. The van der Waals surface area contributed by atoms with Gasteiger partial charge in [-0.1, -0.05) is 27.7 Å². The minimum atomic E-state index is -2.34. The van der Waals surface area contributed by atoms with Crippen molar-refractivity contribution in [2.45, 2.75) is 89.9 Å². The van der Waals surface area contributed by atoms with Gasteiger partial charge in [0.05, 0.1) is 12.1 Å². The largest absolute Gasteiger partial charge is 0.455 e. The fourth-order valence-electron chi connectivity index (χ4n) is 5.57. The molecule has 0 aromatic heterocycles. The van der Waals surface area contributed by atoms with E-state index >= 15 is 0 Å². The summed E-state index contributed by atoms with van der Waals surface area (Å²) in [5, 5.41) is 0. The van der Waals surface area contributed by atoms with E-state index in [0.717, 1.165) is 0 Å². The van der Waals surface area contributed by atoms with Crippen LogP contribution in [0.2, 0.25) is 37.3 Å². The van der Waals surface area contributed by atoms with Crippen LogP contribution in [0.5, 0.6) is 0 Å². The summed E-state index contributed by atoms with van der Waals surface area (Å²) in [6, 6.07) is -0.567. The van der Waals surface area contributed by atoms with Crippen molar-refractivity contribution in [2.24, 2.45) is 11.8 Å². The highest BCUT2D eigenvalue weighted by atomic mass is 28.4. The van der Waals surface area contributed by atoms with E-state index in [0.29, 0.717) is 0 Å². The predicted molar refractivity (Wildman–Crippen MR) is 126 cm³/mol. The van der Waals surface area contributed by atoms with Crippen LogP contribution in [0.3, 0.4) is 0 Å². The molecule has 4 amide bonds. The Morgan fingerprint density at radius 2 is 1.12 bits per heavy atom. The number of carbonyl (C=O) groups is 4. The summed E-state index contributed by atoms with van der Waals surface area (Å²) < 4.78 is 16.9. The lowest BCUT2D eigenvalue weighted by atomic mass is 10.0. The van der Waals surface area contributed by atoms with Crippen LogP contribution in [0.25, 0.3) is 0 Å². The first-order chi connectivity index (χ1) is 15.2. The minimum Gasteiger partial charge on any atom is -0.455 e. The molecule has 0 unspecified atom stereocenters. The molecule has 0 aromatic rings. The summed E-state index contributed by atoms with van der Waals surface area (Å²) in [6.07, 6.45) is -0.907. The number of rotatable bonds is 6. The number of cyclic esters (lactones) is 2. The number of imide groups is 2. The van der Waals surface area contributed by atoms with Crippen LogP contribution in [-0.4, -0.2) is 75.7 Å². The normalized spacial score (nSPS) is 30.8. The van der Waals surface area contributed by atoms with Gasteiger partial charge in [0.15, 0.2) is 16.6 Å². The summed E-state index contributed by atoms with van der Waals surface area (Å²) in [4.78, 5) is 53.8. The van der Waals surface area contributed by atoms with Gasteiger partial charge in [0.2, 0.25) is 11.8 Å². The monoisotopic (exact) mass is 498 g/mol. The van der Waals surface area contributed by atoms with Gasteiger partial charge < -0.3 is 13.6 Å². The van der Waals surface area contributed by atoms with Gasteiger partial charge in [0, 0.05) is 12.8 Å². The van der Waals surface area contributed by atoms with Crippen LogP contribution >= 0.6 is 0 Å². The third-order valence-electron chi connectivity index (χ3n) is 7.48. The molecule has 0 aliphatic carbocycles. The first-order valence-corrected chi connectivity index (χ1v) is 17.8. The van der Waals surface area contributed by atoms with Gasteiger partial charge in [-0.05, 0) is 49.1 Å². The molecule has 3 rings (SSSR count). The van der Waals surface area contributed by atoms with E-state index in [2.05, 4.69) is 26.2 Å². The zero-order valence-electron chi connectivity index (χ0n) is 21.0. The molecule has 0 bridgehead atoms. The highest BCUT2D eigenvalue weighted by Crippen LogP contribution is 2.54. The van der Waals surface area contributed by atoms with Gasteiger partial charge in [0.25, 0.3) is 0 Å². The van der Waals surface area contributed by atoms with Crippen molar-refractivity contribution in [1.82, 2.24) is 9.80 Å². The van der Waals surface area contributed by atoms with Crippen LogP contribution < -0.4 is 0 Å². The van der Waals surface area contributed by atoms with Crippen LogP contribution in [0.4, 0.5) is 9.59 Å². The molecule has 3 aliphatic heterocycles. The number of carbonyl (C=O) groups excluding carboxylic acids is 4. The predicted octanol–water partition coefficient (Wildman–Crippen LogP) is 3.95. The van der Waals surface area contributed by atoms with Gasteiger partial charge in [-0.2, -0.15) is 0 Å². The molecule has 0 N–H and O–H groups in total. The first kappa shape index (κ1) is 25.9. The van der Waals surface area contributed by atoms with Gasteiger partial charge >= 0.3 is 12.2 Å². The summed E-state index contributed by atoms with van der Waals surface area (Å²) in [6.45, 7) is 16.6. The van der Waals surface area contributed by atoms with Crippen LogP contribution in [-0.2, 0) is 23.2 Å². The number of hydrogen-bond donors (Lipinski definition) is 0. The maximum atomic E-state index is 13.3. The Balaban J connectivity index is 1.83. The van der Waals surface area contributed by atoms with Crippen molar-refractivity contribution >= 4 is 40.6 Å². The number of amides is 4. The van der Waals surface area contributed by atoms with Gasteiger partial charge in [-0.15, -0.1) is 0 Å². The smallest absolute Gasteiger partial charge is 0.416 e. The van der Waals surface area contributed by atoms with Crippen molar-refractivity contribution in [2.75, 3.05) is 13.2 Å². The van der Waals surface area contributed by atoms with Gasteiger partial charge in [-0.3, -0.25) is 9.59 Å². The summed E-state index contributed by atoms with van der Waals surface area (Å²) in [7, 11) is -4.68. The van der Waals surface area contributed by atoms with Crippen molar-refractivity contribution in [3.8, 4) is 0 Å². The molecule has 0 spiro atoms. The fourth-order valence-corrected chi connectivity index (χ4v) is 18.1. The summed E-state index contributed by atoms with van der Waals surface area (Å²) in [5.74, 6) is -0.365. The molecule has 3 heterocycles. The second-order valence-electron chi connectivity index (χ2n) is 11.2. The fraction of sp³-hybridized carbons (Fsp3) is 0.818. The Hall–Kier alpha value is -1.73. The standard InChI is InChI=1S/C22H38N2O7Si2/c1-13(2)15-11-29-21(27)23(15)19(25)9-17-18(33(7,8)31-32(17,5)6)10-20(26)24-16(14(3)4)12-30-22(24)28/h13-18H,9-12H2,1-8H3/t15-,16-,17-,18+/m1/s1. The molecule has 0 aromatic carbocycles. The van der Waals surface area contributed by atoms with Crippen molar-refractivity contribution < 1.29 is 32.8 Å². The number of ether oxygens (including phenoxy) is 2.